The normalized spacial score (nSPS) is 20.3. The highest BCUT2D eigenvalue weighted by Crippen LogP contribution is 2.53. The predicted octanol–water partition coefficient (Wildman–Crippen LogP) is 4.10. The Morgan fingerprint density at radius 3 is 1.79 bits per heavy atom. The fourth-order valence-electron chi connectivity index (χ4n) is 4.01. The van der Waals surface area contributed by atoms with Crippen molar-refractivity contribution in [3.63, 3.8) is 0 Å². The van der Waals surface area contributed by atoms with Gasteiger partial charge in [0.25, 0.3) is 0 Å². The summed E-state index contributed by atoms with van der Waals surface area (Å²) >= 11 is 0. The Bertz CT molecular complexity index is 578. The summed E-state index contributed by atoms with van der Waals surface area (Å²) in [6.45, 7) is 0. The van der Waals surface area contributed by atoms with Gasteiger partial charge in [-0.05, 0) is 35.1 Å². The smallest absolute Gasteiger partial charge is 0.0756 e. The fourth-order valence-corrected chi connectivity index (χ4v) is 4.01. The zero-order valence-corrected chi connectivity index (χ0v) is 11.0. The summed E-state index contributed by atoms with van der Waals surface area (Å²) in [5.41, 5.74) is 4.70. The highest BCUT2D eigenvalue weighted by molar-refractivity contribution is 5.79. The van der Waals surface area contributed by atoms with E-state index in [1.54, 1.807) is 0 Å². The molecule has 0 bridgehead atoms. The average molecular weight is 250 g/mol. The summed E-state index contributed by atoms with van der Waals surface area (Å²) in [4.78, 5) is 0. The molecule has 1 heteroatoms. The second-order valence-corrected chi connectivity index (χ2v) is 5.92. The van der Waals surface area contributed by atoms with Gasteiger partial charge < -0.3 is 5.11 Å². The Balaban J connectivity index is 1.96. The highest BCUT2D eigenvalue weighted by atomic mass is 16.3. The Hall–Kier alpha value is -1.60. The number of hydrogen-bond donors (Lipinski definition) is 1. The van der Waals surface area contributed by atoms with Crippen LogP contribution in [0.2, 0.25) is 0 Å². The van der Waals surface area contributed by atoms with E-state index in [-0.39, 0.29) is 5.92 Å². The van der Waals surface area contributed by atoms with Crippen LogP contribution in [-0.2, 0) is 0 Å². The third-order valence-electron chi connectivity index (χ3n) is 4.84. The molecule has 2 aromatic carbocycles. The van der Waals surface area contributed by atoms with Crippen LogP contribution in [0.5, 0.6) is 0 Å². The van der Waals surface area contributed by atoms with Gasteiger partial charge in [-0.15, -0.1) is 0 Å². The van der Waals surface area contributed by atoms with E-state index in [1.165, 1.54) is 22.3 Å². The largest absolute Gasteiger partial charge is 0.389 e. The first-order valence-electron chi connectivity index (χ1n) is 7.20. The van der Waals surface area contributed by atoms with E-state index in [1.807, 2.05) is 0 Å². The number of fused-ring (bicyclic) bond motifs is 3. The molecule has 0 radical (unpaired) electrons. The van der Waals surface area contributed by atoms with E-state index in [2.05, 4.69) is 48.5 Å². The molecule has 0 saturated heterocycles. The van der Waals surface area contributed by atoms with E-state index < -0.39 is 5.60 Å². The molecule has 0 spiro atoms. The molecule has 0 amide bonds. The zero-order valence-electron chi connectivity index (χ0n) is 11.0. The Morgan fingerprint density at radius 2 is 1.26 bits per heavy atom. The first kappa shape index (κ1) is 11.2. The van der Waals surface area contributed by atoms with Gasteiger partial charge in [0, 0.05) is 5.92 Å². The molecule has 0 heterocycles. The summed E-state index contributed by atoms with van der Waals surface area (Å²) in [5, 5.41) is 11.1. The molecular formula is C18H18O. The summed E-state index contributed by atoms with van der Waals surface area (Å²) < 4.78 is 0. The van der Waals surface area contributed by atoms with E-state index in [4.69, 9.17) is 0 Å². The van der Waals surface area contributed by atoms with Crippen molar-refractivity contribution >= 4 is 0 Å². The lowest BCUT2D eigenvalue weighted by molar-refractivity contribution is 0.0320. The van der Waals surface area contributed by atoms with Crippen LogP contribution >= 0.6 is 0 Å². The highest BCUT2D eigenvalue weighted by Gasteiger charge is 2.45. The second kappa shape index (κ2) is 3.94. The first-order valence-corrected chi connectivity index (χ1v) is 7.20. The van der Waals surface area contributed by atoms with E-state index in [0.717, 1.165) is 25.7 Å². The molecule has 1 saturated carbocycles. The van der Waals surface area contributed by atoms with Crippen LogP contribution in [0.1, 0.15) is 42.7 Å². The minimum Gasteiger partial charge on any atom is -0.389 e. The monoisotopic (exact) mass is 250 g/mol. The number of hydrogen-bond acceptors (Lipinski definition) is 1. The summed E-state index contributed by atoms with van der Waals surface area (Å²) in [6.07, 6.45) is 4.16. The van der Waals surface area contributed by atoms with Crippen molar-refractivity contribution in [1.29, 1.82) is 0 Å². The number of rotatable bonds is 1. The summed E-state index contributed by atoms with van der Waals surface area (Å²) in [6, 6.07) is 17.1. The van der Waals surface area contributed by atoms with Crippen molar-refractivity contribution in [2.75, 3.05) is 0 Å². The molecule has 4 rings (SSSR count). The SMILES string of the molecule is OC1(C2c3ccccc3-c3ccccc32)CCCC1. The van der Waals surface area contributed by atoms with E-state index >= 15 is 0 Å². The fraction of sp³-hybridized carbons (Fsp3) is 0.333. The zero-order chi connectivity index (χ0) is 12.9. The Morgan fingerprint density at radius 1 is 0.789 bits per heavy atom. The minimum absolute atomic E-state index is 0.169. The summed E-state index contributed by atoms with van der Waals surface area (Å²) in [5.74, 6) is 0.169. The van der Waals surface area contributed by atoms with Crippen molar-refractivity contribution in [3.8, 4) is 11.1 Å². The van der Waals surface area contributed by atoms with Gasteiger partial charge in [-0.25, -0.2) is 0 Å². The topological polar surface area (TPSA) is 20.2 Å². The minimum atomic E-state index is -0.539. The predicted molar refractivity (Wildman–Crippen MR) is 77.1 cm³/mol. The molecular weight excluding hydrogens is 232 g/mol. The van der Waals surface area contributed by atoms with Gasteiger partial charge in [0.1, 0.15) is 0 Å². The molecule has 19 heavy (non-hydrogen) atoms. The molecule has 2 aliphatic carbocycles. The molecule has 2 aromatic rings. The van der Waals surface area contributed by atoms with Crippen molar-refractivity contribution in [2.45, 2.75) is 37.2 Å². The van der Waals surface area contributed by atoms with Crippen LogP contribution in [0.15, 0.2) is 48.5 Å². The van der Waals surface area contributed by atoms with E-state index in [0.29, 0.717) is 0 Å². The Labute approximate surface area is 113 Å². The maximum Gasteiger partial charge on any atom is 0.0756 e. The molecule has 1 fully saturated rings. The lowest BCUT2D eigenvalue weighted by atomic mass is 9.79. The molecule has 0 aromatic heterocycles. The van der Waals surface area contributed by atoms with Gasteiger partial charge in [0.2, 0.25) is 0 Å². The van der Waals surface area contributed by atoms with Gasteiger partial charge in [-0.1, -0.05) is 61.4 Å². The van der Waals surface area contributed by atoms with Crippen molar-refractivity contribution in [2.24, 2.45) is 0 Å². The third-order valence-corrected chi connectivity index (χ3v) is 4.84. The van der Waals surface area contributed by atoms with Crippen LogP contribution < -0.4 is 0 Å². The van der Waals surface area contributed by atoms with Crippen molar-refractivity contribution < 1.29 is 5.11 Å². The lowest BCUT2D eigenvalue weighted by Gasteiger charge is -2.31. The Kier molecular flexibility index (Phi) is 2.33. The number of aliphatic hydroxyl groups is 1. The molecule has 0 aliphatic heterocycles. The molecule has 0 unspecified atom stereocenters. The second-order valence-electron chi connectivity index (χ2n) is 5.92. The average Bonchev–Trinajstić information content (AvgIpc) is 3.01. The van der Waals surface area contributed by atoms with Crippen LogP contribution in [0.3, 0.4) is 0 Å². The maximum atomic E-state index is 11.1. The van der Waals surface area contributed by atoms with E-state index in [9.17, 15) is 5.11 Å². The molecule has 96 valence electrons. The van der Waals surface area contributed by atoms with Crippen molar-refractivity contribution in [1.82, 2.24) is 0 Å². The van der Waals surface area contributed by atoms with Crippen LogP contribution in [-0.4, -0.2) is 10.7 Å². The van der Waals surface area contributed by atoms with Gasteiger partial charge in [0.15, 0.2) is 0 Å². The van der Waals surface area contributed by atoms with Gasteiger partial charge >= 0.3 is 0 Å². The molecule has 1 N–H and O–H groups in total. The van der Waals surface area contributed by atoms with Crippen LogP contribution in [0.25, 0.3) is 11.1 Å². The van der Waals surface area contributed by atoms with Gasteiger partial charge in [-0.2, -0.15) is 0 Å². The van der Waals surface area contributed by atoms with Crippen LogP contribution in [0.4, 0.5) is 0 Å². The molecule has 1 nitrogen and oxygen atoms in total. The maximum absolute atomic E-state index is 11.1. The first-order chi connectivity index (χ1) is 9.30. The summed E-state index contributed by atoms with van der Waals surface area (Å²) in [7, 11) is 0. The number of benzene rings is 2. The lowest BCUT2D eigenvalue weighted by Crippen LogP contribution is -2.32. The quantitative estimate of drug-likeness (QED) is 0.807. The standard InChI is InChI=1S/C18H18O/c19-18(11-5-6-12-18)17-15-9-3-1-7-13(15)14-8-2-4-10-16(14)17/h1-4,7-10,17,19H,5-6,11-12H2. The van der Waals surface area contributed by atoms with Crippen LogP contribution in [0, 0.1) is 0 Å². The van der Waals surface area contributed by atoms with Gasteiger partial charge in [0.05, 0.1) is 5.60 Å². The third kappa shape index (κ3) is 1.51. The molecule has 0 atom stereocenters. The van der Waals surface area contributed by atoms with Gasteiger partial charge in [-0.3, -0.25) is 0 Å². The molecule has 2 aliphatic rings. The van der Waals surface area contributed by atoms with Crippen molar-refractivity contribution in [3.05, 3.63) is 59.7 Å².